The standard InChI is InChI=1S/C17H14Cl2N2O5/c1-20(13-2-4-14(5-3-13)21(24)25)6-7-26-15-9-11(16(18)22)8-12(10-15)17(19)23/h2-5,8-10H,6-7H2,1H3. The lowest BCUT2D eigenvalue weighted by Gasteiger charge is -2.19. The van der Waals surface area contributed by atoms with Gasteiger partial charge in [0.2, 0.25) is 0 Å². The topological polar surface area (TPSA) is 89.8 Å². The highest BCUT2D eigenvalue weighted by Gasteiger charge is 2.12. The number of rotatable bonds is 8. The van der Waals surface area contributed by atoms with Crippen LogP contribution in [0, 0.1) is 10.1 Å². The van der Waals surface area contributed by atoms with Gasteiger partial charge in [-0.15, -0.1) is 0 Å². The highest BCUT2D eigenvalue weighted by atomic mass is 35.5. The third-order valence-corrected chi connectivity index (χ3v) is 3.99. The Morgan fingerprint density at radius 1 is 1.08 bits per heavy atom. The number of ether oxygens (including phenoxy) is 1. The lowest BCUT2D eigenvalue weighted by atomic mass is 10.1. The molecule has 0 aromatic heterocycles. The van der Waals surface area contributed by atoms with Gasteiger partial charge in [0.15, 0.2) is 0 Å². The van der Waals surface area contributed by atoms with E-state index in [1.165, 1.54) is 30.3 Å². The highest BCUT2D eigenvalue weighted by Crippen LogP contribution is 2.21. The minimum atomic E-state index is -0.724. The van der Waals surface area contributed by atoms with Crippen LogP contribution in [-0.2, 0) is 0 Å². The molecule has 0 N–H and O–H groups in total. The van der Waals surface area contributed by atoms with Crippen LogP contribution in [0.4, 0.5) is 11.4 Å². The number of likely N-dealkylation sites (N-methyl/N-ethyl adjacent to an activating group) is 1. The van der Waals surface area contributed by atoms with Gasteiger partial charge in [-0.05, 0) is 53.5 Å². The predicted molar refractivity (Wildman–Crippen MR) is 98.7 cm³/mol. The number of non-ortho nitro benzene ring substituents is 1. The molecule has 0 fully saturated rings. The van der Waals surface area contributed by atoms with Gasteiger partial charge >= 0.3 is 0 Å². The van der Waals surface area contributed by atoms with E-state index in [1.807, 2.05) is 4.90 Å². The molecule has 0 aliphatic carbocycles. The molecule has 2 aromatic carbocycles. The molecule has 0 bridgehead atoms. The second kappa shape index (κ2) is 8.64. The quantitative estimate of drug-likeness (QED) is 0.382. The third-order valence-electron chi connectivity index (χ3n) is 3.56. The first kappa shape index (κ1) is 19.7. The van der Waals surface area contributed by atoms with Crippen molar-refractivity contribution in [2.75, 3.05) is 25.1 Å². The smallest absolute Gasteiger partial charge is 0.269 e. The molecule has 0 spiro atoms. The molecule has 0 aliphatic heterocycles. The molecule has 0 unspecified atom stereocenters. The lowest BCUT2D eigenvalue weighted by Crippen LogP contribution is -2.23. The van der Waals surface area contributed by atoms with Crippen LogP contribution in [0.15, 0.2) is 42.5 Å². The van der Waals surface area contributed by atoms with Gasteiger partial charge in [-0.1, -0.05) is 0 Å². The summed E-state index contributed by atoms with van der Waals surface area (Å²) >= 11 is 10.9. The van der Waals surface area contributed by atoms with Crippen LogP contribution in [0.25, 0.3) is 0 Å². The van der Waals surface area contributed by atoms with Crippen LogP contribution in [0.5, 0.6) is 5.75 Å². The zero-order valence-corrected chi connectivity index (χ0v) is 15.2. The van der Waals surface area contributed by atoms with E-state index in [1.54, 1.807) is 19.2 Å². The van der Waals surface area contributed by atoms with Gasteiger partial charge in [0.25, 0.3) is 16.2 Å². The SMILES string of the molecule is CN(CCOc1cc(C(=O)Cl)cc(C(=O)Cl)c1)c1ccc([N+](=O)[O-])cc1. The number of carbonyl (C=O) groups is 2. The van der Waals surface area contributed by atoms with E-state index in [2.05, 4.69) is 0 Å². The molecule has 2 aromatic rings. The molecule has 0 aliphatic rings. The fourth-order valence-corrected chi connectivity index (χ4v) is 2.39. The van der Waals surface area contributed by atoms with E-state index in [4.69, 9.17) is 27.9 Å². The summed E-state index contributed by atoms with van der Waals surface area (Å²) in [7, 11) is 1.80. The molecule has 0 saturated heterocycles. The Morgan fingerprint density at radius 3 is 2.08 bits per heavy atom. The number of carbonyl (C=O) groups excluding carboxylic acids is 2. The van der Waals surface area contributed by atoms with Gasteiger partial charge < -0.3 is 9.64 Å². The third kappa shape index (κ3) is 5.18. The zero-order valence-electron chi connectivity index (χ0n) is 13.6. The van der Waals surface area contributed by atoms with Crippen LogP contribution in [-0.4, -0.2) is 35.6 Å². The summed E-state index contributed by atoms with van der Waals surface area (Å²) < 4.78 is 5.57. The summed E-state index contributed by atoms with van der Waals surface area (Å²) in [5.74, 6) is 0.289. The fraction of sp³-hybridized carbons (Fsp3) is 0.176. The van der Waals surface area contributed by atoms with Gasteiger partial charge in [-0.3, -0.25) is 19.7 Å². The first-order valence-electron chi connectivity index (χ1n) is 7.41. The maximum atomic E-state index is 11.3. The largest absolute Gasteiger partial charge is 0.492 e. The summed E-state index contributed by atoms with van der Waals surface area (Å²) in [6.45, 7) is 0.699. The maximum absolute atomic E-state index is 11.3. The Labute approximate surface area is 159 Å². The van der Waals surface area contributed by atoms with Crippen molar-refractivity contribution in [3.63, 3.8) is 0 Å². The second-order valence-electron chi connectivity index (χ2n) is 5.34. The molecule has 0 saturated carbocycles. The Bertz CT molecular complexity index is 807. The van der Waals surface area contributed by atoms with E-state index in [-0.39, 0.29) is 29.2 Å². The van der Waals surface area contributed by atoms with Gasteiger partial charge in [-0.2, -0.15) is 0 Å². The summed E-state index contributed by atoms with van der Waals surface area (Å²) in [6.07, 6.45) is 0. The Balaban J connectivity index is 2.01. The Kier molecular flexibility index (Phi) is 6.54. The summed E-state index contributed by atoms with van der Waals surface area (Å²) in [6, 6.07) is 10.2. The first-order valence-corrected chi connectivity index (χ1v) is 8.16. The molecule has 9 heteroatoms. The molecule has 136 valence electrons. The monoisotopic (exact) mass is 396 g/mol. The molecule has 0 atom stereocenters. The molecule has 0 radical (unpaired) electrons. The molecule has 7 nitrogen and oxygen atoms in total. The lowest BCUT2D eigenvalue weighted by molar-refractivity contribution is -0.384. The molecule has 0 amide bonds. The van der Waals surface area contributed by atoms with Crippen molar-refractivity contribution >= 4 is 45.1 Å². The highest BCUT2D eigenvalue weighted by molar-refractivity contribution is 6.69. The number of hydrogen-bond acceptors (Lipinski definition) is 6. The zero-order chi connectivity index (χ0) is 19.3. The normalized spacial score (nSPS) is 10.3. The van der Waals surface area contributed by atoms with Gasteiger partial charge in [0.05, 0.1) is 11.5 Å². The van der Waals surface area contributed by atoms with Crippen molar-refractivity contribution in [1.29, 1.82) is 0 Å². The van der Waals surface area contributed by atoms with Crippen LogP contribution in [0.1, 0.15) is 20.7 Å². The number of hydrogen-bond donors (Lipinski definition) is 0. The minimum absolute atomic E-state index is 0.0132. The van der Waals surface area contributed by atoms with Gasteiger partial charge in [-0.25, -0.2) is 0 Å². The number of nitro benzene ring substituents is 1. The number of nitro groups is 1. The average molecular weight is 397 g/mol. The summed E-state index contributed by atoms with van der Waals surface area (Å²) in [5, 5.41) is 9.22. The van der Waals surface area contributed by atoms with Crippen LogP contribution in [0.2, 0.25) is 0 Å². The molecule has 0 heterocycles. The molecule has 2 rings (SSSR count). The maximum Gasteiger partial charge on any atom is 0.269 e. The first-order chi connectivity index (χ1) is 12.3. The van der Waals surface area contributed by atoms with Crippen molar-refractivity contribution in [2.45, 2.75) is 0 Å². The Hall–Kier alpha value is -2.64. The van der Waals surface area contributed by atoms with Crippen LogP contribution < -0.4 is 9.64 Å². The van der Waals surface area contributed by atoms with E-state index in [0.29, 0.717) is 6.54 Å². The van der Waals surface area contributed by atoms with E-state index in [0.717, 1.165) is 5.69 Å². The Morgan fingerprint density at radius 2 is 1.62 bits per heavy atom. The van der Waals surface area contributed by atoms with E-state index < -0.39 is 15.4 Å². The van der Waals surface area contributed by atoms with Crippen molar-refractivity contribution in [2.24, 2.45) is 0 Å². The molecular formula is C17H14Cl2N2O5. The van der Waals surface area contributed by atoms with Crippen molar-refractivity contribution in [3.8, 4) is 5.75 Å². The summed E-state index contributed by atoms with van der Waals surface area (Å²) in [5.41, 5.74) is 1.01. The number of benzene rings is 2. The fourth-order valence-electron chi connectivity index (χ4n) is 2.17. The number of halogens is 2. The minimum Gasteiger partial charge on any atom is -0.492 e. The molecule has 26 heavy (non-hydrogen) atoms. The van der Waals surface area contributed by atoms with Crippen LogP contribution in [0.3, 0.4) is 0 Å². The van der Waals surface area contributed by atoms with Crippen molar-refractivity contribution in [1.82, 2.24) is 0 Å². The van der Waals surface area contributed by atoms with Gasteiger partial charge in [0.1, 0.15) is 12.4 Å². The van der Waals surface area contributed by atoms with Crippen LogP contribution >= 0.6 is 23.2 Å². The average Bonchev–Trinajstić information content (AvgIpc) is 2.61. The number of anilines is 1. The van der Waals surface area contributed by atoms with E-state index >= 15 is 0 Å². The van der Waals surface area contributed by atoms with Crippen molar-refractivity contribution in [3.05, 3.63) is 63.7 Å². The van der Waals surface area contributed by atoms with Gasteiger partial charge in [0, 0.05) is 36.0 Å². The predicted octanol–water partition coefficient (Wildman–Crippen LogP) is 3.87. The second-order valence-corrected chi connectivity index (χ2v) is 6.02. The van der Waals surface area contributed by atoms with E-state index in [9.17, 15) is 19.7 Å². The van der Waals surface area contributed by atoms with Crippen molar-refractivity contribution < 1.29 is 19.2 Å². The number of nitrogens with zero attached hydrogens (tertiary/aromatic N) is 2. The molecular weight excluding hydrogens is 383 g/mol. The summed E-state index contributed by atoms with van der Waals surface area (Å²) in [4.78, 5) is 34.7.